The predicted molar refractivity (Wildman–Crippen MR) is 93.7 cm³/mol. The number of hydrogen-bond donors (Lipinski definition) is 0. The lowest BCUT2D eigenvalue weighted by Gasteiger charge is -2.04. The van der Waals surface area contributed by atoms with Crippen LogP contribution in [0.2, 0.25) is 5.02 Å². The van der Waals surface area contributed by atoms with Gasteiger partial charge in [0.25, 0.3) is 0 Å². The predicted octanol–water partition coefficient (Wildman–Crippen LogP) is 3.18. The summed E-state index contributed by atoms with van der Waals surface area (Å²) in [6.07, 6.45) is 6.78. The van der Waals surface area contributed by atoms with Crippen LogP contribution < -0.4 is 0 Å². The molecule has 0 aliphatic carbocycles. The molecule has 0 amide bonds. The van der Waals surface area contributed by atoms with E-state index in [1.54, 1.807) is 34.1 Å². The Morgan fingerprint density at radius 1 is 0.960 bits per heavy atom. The second kappa shape index (κ2) is 5.35. The summed E-state index contributed by atoms with van der Waals surface area (Å²) in [6, 6.07) is 11.2. The average molecular weight is 348 g/mol. The SMILES string of the molecule is Clc1ccccc1-n1ncc2c1ncn1nc(-c3ccncc3)nc21. The quantitative estimate of drug-likeness (QED) is 0.490. The Balaban J connectivity index is 1.74. The zero-order valence-electron chi connectivity index (χ0n) is 12.8. The molecule has 25 heavy (non-hydrogen) atoms. The molecule has 8 heteroatoms. The molecule has 0 aliphatic heterocycles. The zero-order valence-corrected chi connectivity index (χ0v) is 13.5. The summed E-state index contributed by atoms with van der Waals surface area (Å²) in [7, 11) is 0. The van der Waals surface area contributed by atoms with Gasteiger partial charge in [0.1, 0.15) is 6.33 Å². The summed E-state index contributed by atoms with van der Waals surface area (Å²) in [4.78, 5) is 13.1. The molecule has 5 rings (SSSR count). The molecule has 0 atom stereocenters. The third-order valence-corrected chi connectivity index (χ3v) is 4.24. The van der Waals surface area contributed by atoms with E-state index in [9.17, 15) is 0 Å². The van der Waals surface area contributed by atoms with Crippen LogP contribution >= 0.6 is 11.6 Å². The largest absolute Gasteiger partial charge is 0.265 e. The lowest BCUT2D eigenvalue weighted by molar-refractivity contribution is 0.883. The van der Waals surface area contributed by atoms with Gasteiger partial charge >= 0.3 is 0 Å². The monoisotopic (exact) mass is 347 g/mol. The summed E-state index contributed by atoms with van der Waals surface area (Å²) in [5, 5.41) is 10.3. The normalized spacial score (nSPS) is 11.4. The Bertz CT molecular complexity index is 1210. The van der Waals surface area contributed by atoms with Crippen molar-refractivity contribution in [1.29, 1.82) is 0 Å². The van der Waals surface area contributed by atoms with E-state index in [2.05, 4.69) is 25.1 Å². The summed E-state index contributed by atoms with van der Waals surface area (Å²) >= 11 is 6.29. The molecule has 4 heterocycles. The van der Waals surface area contributed by atoms with Gasteiger partial charge < -0.3 is 0 Å². The first-order valence-electron chi connectivity index (χ1n) is 7.56. The van der Waals surface area contributed by atoms with Gasteiger partial charge in [-0.15, -0.1) is 5.10 Å². The fourth-order valence-electron chi connectivity index (χ4n) is 2.74. The highest BCUT2D eigenvalue weighted by atomic mass is 35.5. The molecule has 0 bridgehead atoms. The minimum Gasteiger partial charge on any atom is -0.265 e. The van der Waals surface area contributed by atoms with Gasteiger partial charge in [0, 0.05) is 18.0 Å². The van der Waals surface area contributed by atoms with E-state index in [1.807, 2.05) is 36.4 Å². The topological polar surface area (TPSA) is 73.8 Å². The maximum Gasteiger partial charge on any atom is 0.182 e. The number of halogens is 1. The molecule has 0 fully saturated rings. The van der Waals surface area contributed by atoms with Crippen molar-refractivity contribution in [3.05, 3.63) is 66.3 Å². The Morgan fingerprint density at radius 3 is 2.64 bits per heavy atom. The van der Waals surface area contributed by atoms with Gasteiger partial charge in [-0.05, 0) is 24.3 Å². The Morgan fingerprint density at radius 2 is 1.80 bits per heavy atom. The van der Waals surface area contributed by atoms with Gasteiger partial charge in [-0.25, -0.2) is 19.2 Å². The van der Waals surface area contributed by atoms with E-state index in [0.717, 1.165) is 16.6 Å². The van der Waals surface area contributed by atoms with Gasteiger partial charge in [0.2, 0.25) is 0 Å². The fourth-order valence-corrected chi connectivity index (χ4v) is 2.96. The van der Waals surface area contributed by atoms with Gasteiger partial charge in [-0.1, -0.05) is 23.7 Å². The number of benzene rings is 1. The van der Waals surface area contributed by atoms with Crippen LogP contribution in [0.3, 0.4) is 0 Å². The Kier molecular flexibility index (Phi) is 3.01. The molecular weight excluding hydrogens is 338 g/mol. The third-order valence-electron chi connectivity index (χ3n) is 3.92. The highest BCUT2D eigenvalue weighted by Gasteiger charge is 2.15. The minimum absolute atomic E-state index is 0.605. The van der Waals surface area contributed by atoms with Crippen molar-refractivity contribution < 1.29 is 0 Å². The fraction of sp³-hybridized carbons (Fsp3) is 0. The summed E-state index contributed by atoms with van der Waals surface area (Å²) < 4.78 is 3.36. The van der Waals surface area contributed by atoms with Crippen LogP contribution in [0.1, 0.15) is 0 Å². The molecule has 0 saturated carbocycles. The maximum absolute atomic E-state index is 6.29. The number of aromatic nitrogens is 7. The minimum atomic E-state index is 0.605. The Labute approximate surface area is 146 Å². The molecule has 0 saturated heterocycles. The molecule has 1 aromatic carbocycles. The van der Waals surface area contributed by atoms with Crippen LogP contribution in [0.25, 0.3) is 33.8 Å². The summed E-state index contributed by atoms with van der Waals surface area (Å²) in [5.41, 5.74) is 3.03. The molecule has 0 N–H and O–H groups in total. The van der Waals surface area contributed by atoms with Gasteiger partial charge in [0.15, 0.2) is 17.1 Å². The maximum atomic E-state index is 6.29. The number of para-hydroxylation sites is 1. The second-order valence-corrected chi connectivity index (χ2v) is 5.84. The number of hydrogen-bond acceptors (Lipinski definition) is 5. The molecule has 4 aromatic heterocycles. The lowest BCUT2D eigenvalue weighted by atomic mass is 10.2. The average Bonchev–Trinajstić information content (AvgIpc) is 3.26. The van der Waals surface area contributed by atoms with E-state index in [1.165, 1.54) is 0 Å². The smallest absolute Gasteiger partial charge is 0.182 e. The standard InChI is InChI=1S/C17H10ClN7/c18-13-3-1-2-4-14(13)25-16-12(9-21-25)17-22-15(23-24(17)10-20-16)11-5-7-19-8-6-11/h1-10H. The Hall–Kier alpha value is -3.32. The molecule has 0 aliphatic rings. The second-order valence-electron chi connectivity index (χ2n) is 5.43. The summed E-state index contributed by atoms with van der Waals surface area (Å²) in [5.74, 6) is 0.613. The van der Waals surface area contributed by atoms with Crippen molar-refractivity contribution in [2.45, 2.75) is 0 Å². The highest BCUT2D eigenvalue weighted by molar-refractivity contribution is 6.32. The van der Waals surface area contributed by atoms with Crippen LogP contribution in [0, 0.1) is 0 Å². The first kappa shape index (κ1) is 14.1. The van der Waals surface area contributed by atoms with Gasteiger partial charge in [-0.2, -0.15) is 5.10 Å². The van der Waals surface area contributed by atoms with Crippen LogP contribution in [0.4, 0.5) is 0 Å². The van der Waals surface area contributed by atoms with Crippen LogP contribution in [0.15, 0.2) is 61.3 Å². The summed E-state index contributed by atoms with van der Waals surface area (Å²) in [6.45, 7) is 0. The number of pyridine rings is 1. The van der Waals surface area contributed by atoms with Crippen molar-refractivity contribution in [3.8, 4) is 17.1 Å². The van der Waals surface area contributed by atoms with Crippen molar-refractivity contribution in [2.24, 2.45) is 0 Å². The van der Waals surface area contributed by atoms with Crippen molar-refractivity contribution in [3.63, 3.8) is 0 Å². The molecular formula is C17H10ClN7. The van der Waals surface area contributed by atoms with Gasteiger partial charge in [-0.3, -0.25) is 4.98 Å². The number of fused-ring (bicyclic) bond motifs is 3. The van der Waals surface area contributed by atoms with Crippen LogP contribution in [-0.2, 0) is 0 Å². The van der Waals surface area contributed by atoms with Crippen molar-refractivity contribution in [2.75, 3.05) is 0 Å². The van der Waals surface area contributed by atoms with Crippen LogP contribution in [0.5, 0.6) is 0 Å². The highest BCUT2D eigenvalue weighted by Crippen LogP contribution is 2.25. The first-order valence-corrected chi connectivity index (χ1v) is 7.93. The molecule has 0 spiro atoms. The number of nitrogens with zero attached hydrogens (tertiary/aromatic N) is 7. The molecule has 7 nitrogen and oxygen atoms in total. The van der Waals surface area contributed by atoms with E-state index in [-0.39, 0.29) is 0 Å². The third kappa shape index (κ3) is 2.17. The van der Waals surface area contributed by atoms with E-state index in [0.29, 0.717) is 22.1 Å². The molecule has 5 aromatic rings. The van der Waals surface area contributed by atoms with Crippen molar-refractivity contribution >= 4 is 28.3 Å². The van der Waals surface area contributed by atoms with Gasteiger partial charge in [0.05, 0.1) is 22.3 Å². The number of rotatable bonds is 2. The zero-order chi connectivity index (χ0) is 16.8. The van der Waals surface area contributed by atoms with E-state index >= 15 is 0 Å². The van der Waals surface area contributed by atoms with Crippen molar-refractivity contribution in [1.82, 2.24) is 34.3 Å². The molecule has 120 valence electrons. The van der Waals surface area contributed by atoms with Crippen LogP contribution in [-0.4, -0.2) is 34.3 Å². The molecule has 0 radical (unpaired) electrons. The lowest BCUT2D eigenvalue weighted by Crippen LogP contribution is -1.99. The first-order chi connectivity index (χ1) is 12.3. The van der Waals surface area contributed by atoms with E-state index < -0.39 is 0 Å². The molecule has 0 unspecified atom stereocenters. The van der Waals surface area contributed by atoms with E-state index in [4.69, 9.17) is 11.6 Å².